The monoisotopic (exact) mass is 299 g/mol. The largest absolute Gasteiger partial charge is 0.481 e. The summed E-state index contributed by atoms with van der Waals surface area (Å²) in [6.45, 7) is 0. The molecule has 0 aliphatic rings. The van der Waals surface area contributed by atoms with Crippen molar-refractivity contribution >= 4 is 33.5 Å². The minimum absolute atomic E-state index is 0.0560. The summed E-state index contributed by atoms with van der Waals surface area (Å²) >= 11 is 8.44. The van der Waals surface area contributed by atoms with E-state index in [0.717, 1.165) is 6.07 Å². The number of hydrogen-bond acceptors (Lipinski definition) is 2. The van der Waals surface area contributed by atoms with Crippen LogP contribution in [0.4, 0.5) is 8.78 Å². The van der Waals surface area contributed by atoms with E-state index in [1.54, 1.807) is 0 Å². The molecule has 0 saturated carbocycles. The van der Waals surface area contributed by atoms with Gasteiger partial charge >= 0.3 is 5.97 Å². The number of alkyl halides is 2. The summed E-state index contributed by atoms with van der Waals surface area (Å²) in [7, 11) is 0. The third-order valence-corrected chi connectivity index (χ3v) is 2.55. The summed E-state index contributed by atoms with van der Waals surface area (Å²) < 4.78 is 24.6. The van der Waals surface area contributed by atoms with Crippen molar-refractivity contribution in [3.63, 3.8) is 0 Å². The number of rotatable bonds is 3. The fourth-order valence-electron chi connectivity index (χ4n) is 0.936. The second-order valence-corrected chi connectivity index (χ2v) is 3.83. The summed E-state index contributed by atoms with van der Waals surface area (Å²) in [4.78, 5) is 14.0. The molecule has 0 aliphatic heterocycles. The van der Waals surface area contributed by atoms with Crippen LogP contribution in [-0.4, -0.2) is 16.1 Å². The van der Waals surface area contributed by atoms with Crippen LogP contribution in [0.2, 0.25) is 5.02 Å². The third kappa shape index (κ3) is 3.10. The topological polar surface area (TPSA) is 50.2 Å². The van der Waals surface area contributed by atoms with E-state index < -0.39 is 18.8 Å². The van der Waals surface area contributed by atoms with Gasteiger partial charge in [0.1, 0.15) is 4.60 Å². The first-order chi connectivity index (χ1) is 6.91. The normalized spacial score (nSPS) is 10.7. The molecule has 0 amide bonds. The predicted molar refractivity (Wildman–Crippen MR) is 53.2 cm³/mol. The van der Waals surface area contributed by atoms with Gasteiger partial charge in [0.2, 0.25) is 0 Å². The minimum Gasteiger partial charge on any atom is -0.481 e. The van der Waals surface area contributed by atoms with Gasteiger partial charge in [-0.2, -0.15) is 0 Å². The highest BCUT2D eigenvalue weighted by Gasteiger charge is 2.17. The van der Waals surface area contributed by atoms with E-state index in [2.05, 4.69) is 20.9 Å². The predicted octanol–water partition coefficient (Wildman–Crippen LogP) is 3.06. The first-order valence-electron chi connectivity index (χ1n) is 3.76. The van der Waals surface area contributed by atoms with E-state index >= 15 is 0 Å². The highest BCUT2D eigenvalue weighted by molar-refractivity contribution is 9.10. The lowest BCUT2D eigenvalue weighted by molar-refractivity contribution is -0.136. The third-order valence-electron chi connectivity index (χ3n) is 1.58. The summed E-state index contributed by atoms with van der Waals surface area (Å²) in [5, 5.41) is 8.43. The second-order valence-electron chi connectivity index (χ2n) is 2.67. The maximum absolute atomic E-state index is 12.4. The van der Waals surface area contributed by atoms with E-state index in [0.29, 0.717) is 0 Å². The van der Waals surface area contributed by atoms with Crippen molar-refractivity contribution < 1.29 is 18.7 Å². The molecule has 1 N–H and O–H groups in total. The molecule has 7 heteroatoms. The highest BCUT2D eigenvalue weighted by atomic mass is 79.9. The van der Waals surface area contributed by atoms with E-state index in [1.807, 2.05) is 0 Å². The summed E-state index contributed by atoms with van der Waals surface area (Å²) in [6, 6.07) is 1.02. The number of halogens is 4. The zero-order valence-electron chi connectivity index (χ0n) is 7.18. The summed E-state index contributed by atoms with van der Waals surface area (Å²) in [6.07, 6.45) is -3.11. The molecule has 0 fully saturated rings. The molecule has 1 aromatic heterocycles. The minimum atomic E-state index is -2.71. The molecule has 15 heavy (non-hydrogen) atoms. The Morgan fingerprint density at radius 1 is 1.67 bits per heavy atom. The maximum atomic E-state index is 12.4. The highest BCUT2D eigenvalue weighted by Crippen LogP contribution is 2.30. The van der Waals surface area contributed by atoms with Crippen LogP contribution in [0.1, 0.15) is 17.7 Å². The quantitative estimate of drug-likeness (QED) is 0.873. The first-order valence-corrected chi connectivity index (χ1v) is 4.93. The molecule has 0 unspecified atom stereocenters. The molecular formula is C8H5BrClF2NO2. The number of aliphatic carboxylic acids is 1. The first kappa shape index (κ1) is 12.3. The Bertz CT molecular complexity index is 400. The Hall–Kier alpha value is -0.750. The van der Waals surface area contributed by atoms with Crippen molar-refractivity contribution in [3.8, 4) is 0 Å². The van der Waals surface area contributed by atoms with Gasteiger partial charge in [-0.15, -0.1) is 0 Å². The lowest BCUT2D eigenvalue weighted by atomic mass is 10.2. The van der Waals surface area contributed by atoms with E-state index in [9.17, 15) is 13.6 Å². The number of carboxylic acid groups (broad SMARTS) is 1. The van der Waals surface area contributed by atoms with Gasteiger partial charge < -0.3 is 5.11 Å². The SMILES string of the molecule is O=C(O)Cc1nc(Br)c(C(F)F)cc1Cl. The molecule has 0 spiro atoms. The van der Waals surface area contributed by atoms with Crippen molar-refractivity contribution in [2.45, 2.75) is 12.8 Å². The number of carboxylic acids is 1. The molecule has 0 radical (unpaired) electrons. The second kappa shape index (κ2) is 4.85. The van der Waals surface area contributed by atoms with E-state index in [-0.39, 0.29) is 20.9 Å². The van der Waals surface area contributed by atoms with Crippen molar-refractivity contribution in [2.75, 3.05) is 0 Å². The maximum Gasteiger partial charge on any atom is 0.309 e. The Balaban J connectivity index is 3.13. The number of nitrogens with zero attached hydrogens (tertiary/aromatic N) is 1. The smallest absolute Gasteiger partial charge is 0.309 e. The summed E-state index contributed by atoms with van der Waals surface area (Å²) in [5.41, 5.74) is -0.297. The van der Waals surface area contributed by atoms with Crippen LogP contribution in [0.15, 0.2) is 10.7 Å². The number of pyridine rings is 1. The van der Waals surface area contributed by atoms with Gasteiger partial charge in [-0.05, 0) is 22.0 Å². The Morgan fingerprint density at radius 3 is 2.73 bits per heavy atom. The molecule has 0 saturated heterocycles. The lowest BCUT2D eigenvalue weighted by Crippen LogP contribution is -2.04. The van der Waals surface area contributed by atoms with Gasteiger partial charge in [0.15, 0.2) is 0 Å². The van der Waals surface area contributed by atoms with Gasteiger partial charge in [0.05, 0.1) is 22.7 Å². The zero-order valence-corrected chi connectivity index (χ0v) is 9.52. The molecule has 0 atom stereocenters. The van der Waals surface area contributed by atoms with Crippen molar-refractivity contribution in [3.05, 3.63) is 26.9 Å². The van der Waals surface area contributed by atoms with Crippen molar-refractivity contribution in [1.82, 2.24) is 4.98 Å². The van der Waals surface area contributed by atoms with E-state index in [4.69, 9.17) is 16.7 Å². The van der Waals surface area contributed by atoms with Crippen LogP contribution >= 0.6 is 27.5 Å². The molecule has 3 nitrogen and oxygen atoms in total. The number of carbonyl (C=O) groups is 1. The van der Waals surface area contributed by atoms with Crippen LogP contribution in [0, 0.1) is 0 Å². The molecular weight excluding hydrogens is 295 g/mol. The van der Waals surface area contributed by atoms with Crippen LogP contribution in [0.25, 0.3) is 0 Å². The van der Waals surface area contributed by atoms with Gasteiger partial charge in [-0.25, -0.2) is 13.8 Å². The van der Waals surface area contributed by atoms with E-state index in [1.165, 1.54) is 0 Å². The van der Waals surface area contributed by atoms with Gasteiger partial charge in [-0.3, -0.25) is 4.79 Å². The molecule has 1 rings (SSSR count). The van der Waals surface area contributed by atoms with Crippen LogP contribution in [-0.2, 0) is 11.2 Å². The number of hydrogen-bond donors (Lipinski definition) is 1. The average Bonchev–Trinajstić information content (AvgIpc) is 2.09. The van der Waals surface area contributed by atoms with Gasteiger partial charge in [0.25, 0.3) is 6.43 Å². The van der Waals surface area contributed by atoms with Gasteiger partial charge in [-0.1, -0.05) is 11.6 Å². The average molecular weight is 300 g/mol. The Kier molecular flexibility index (Phi) is 3.98. The molecule has 82 valence electrons. The van der Waals surface area contributed by atoms with Crippen LogP contribution in [0.5, 0.6) is 0 Å². The Morgan fingerprint density at radius 2 is 2.27 bits per heavy atom. The molecule has 0 aliphatic carbocycles. The lowest BCUT2D eigenvalue weighted by Gasteiger charge is -2.06. The Labute approximate surface area is 97.2 Å². The standard InChI is InChI=1S/C8H5BrClF2NO2/c9-7-3(8(11)12)1-4(10)5(13-7)2-6(14)15/h1,8H,2H2,(H,14,15). The summed E-state index contributed by atoms with van der Waals surface area (Å²) in [5.74, 6) is -1.12. The molecule has 0 aromatic carbocycles. The van der Waals surface area contributed by atoms with Crippen LogP contribution in [0.3, 0.4) is 0 Å². The fraction of sp³-hybridized carbons (Fsp3) is 0.250. The fourth-order valence-corrected chi connectivity index (χ4v) is 1.66. The molecule has 1 aromatic rings. The molecule has 0 bridgehead atoms. The van der Waals surface area contributed by atoms with Gasteiger partial charge in [0, 0.05) is 0 Å². The zero-order chi connectivity index (χ0) is 11.6. The number of aromatic nitrogens is 1. The molecule has 1 heterocycles. The van der Waals surface area contributed by atoms with Crippen molar-refractivity contribution in [1.29, 1.82) is 0 Å². The van der Waals surface area contributed by atoms with Crippen LogP contribution < -0.4 is 0 Å². The van der Waals surface area contributed by atoms with Crippen molar-refractivity contribution in [2.24, 2.45) is 0 Å².